The lowest BCUT2D eigenvalue weighted by atomic mass is 9.85. The van der Waals surface area contributed by atoms with Crippen LogP contribution >= 0.6 is 0 Å². The molecule has 0 bridgehead atoms. The van der Waals surface area contributed by atoms with Gasteiger partial charge in [-0.25, -0.2) is 0 Å². The lowest BCUT2D eigenvalue weighted by Gasteiger charge is -2.35. The van der Waals surface area contributed by atoms with Gasteiger partial charge < -0.3 is 14.2 Å². The number of alkyl halides is 3. The zero-order valence-electron chi connectivity index (χ0n) is 24.1. The molecule has 0 saturated heterocycles. The Bertz CT molecular complexity index is 1630. The molecule has 41 heavy (non-hydrogen) atoms. The summed E-state index contributed by atoms with van der Waals surface area (Å²) in [5.41, 5.74) is 1.09. The van der Waals surface area contributed by atoms with E-state index in [4.69, 9.17) is 19.2 Å². The van der Waals surface area contributed by atoms with Crippen molar-refractivity contribution in [3.05, 3.63) is 71.4 Å². The Morgan fingerprint density at radius 1 is 1.05 bits per heavy atom. The minimum Gasteiger partial charge on any atom is -0.493 e. The first-order valence-corrected chi connectivity index (χ1v) is 13.7. The van der Waals surface area contributed by atoms with E-state index in [0.29, 0.717) is 28.8 Å². The van der Waals surface area contributed by atoms with E-state index in [-0.39, 0.29) is 6.61 Å². The maximum Gasteiger partial charge on any atom is 0.416 e. The summed E-state index contributed by atoms with van der Waals surface area (Å²) in [6.07, 6.45) is -3.41. The van der Waals surface area contributed by atoms with Gasteiger partial charge in [0, 0.05) is 23.6 Å². The molecule has 5 nitrogen and oxygen atoms in total. The zero-order chi connectivity index (χ0) is 29.7. The van der Waals surface area contributed by atoms with Crippen LogP contribution in [0.25, 0.3) is 32.8 Å². The first-order valence-electron chi connectivity index (χ1n) is 13.7. The van der Waals surface area contributed by atoms with Crippen LogP contribution in [0.5, 0.6) is 5.75 Å². The maximum absolute atomic E-state index is 14.2. The molecule has 3 aromatic carbocycles. The smallest absolute Gasteiger partial charge is 0.416 e. The molecule has 1 aromatic heterocycles. The van der Waals surface area contributed by atoms with Crippen molar-refractivity contribution in [2.24, 2.45) is 5.41 Å². The molecular weight excluding hydrogens is 531 g/mol. The molecule has 0 N–H and O–H groups in total. The number of benzene rings is 3. The van der Waals surface area contributed by atoms with Gasteiger partial charge in [-0.05, 0) is 92.8 Å². The fraction of sp³-hybridized carbons (Fsp3) is 0.394. The van der Waals surface area contributed by atoms with Crippen molar-refractivity contribution in [1.82, 2.24) is 4.98 Å². The van der Waals surface area contributed by atoms with Gasteiger partial charge in [0.05, 0.1) is 17.5 Å². The Kier molecular flexibility index (Phi) is 7.26. The quantitative estimate of drug-likeness (QED) is 0.220. The minimum atomic E-state index is -4.66. The Hall–Kier alpha value is -3.65. The van der Waals surface area contributed by atoms with Crippen LogP contribution in [0.15, 0.2) is 54.7 Å². The Labute approximate surface area is 237 Å². The number of pyridine rings is 1. The summed E-state index contributed by atoms with van der Waals surface area (Å²) in [5.74, 6) is 0.193. The second-order valence-corrected chi connectivity index (χ2v) is 12.1. The van der Waals surface area contributed by atoms with Gasteiger partial charge in [-0.1, -0.05) is 30.3 Å². The van der Waals surface area contributed by atoms with Gasteiger partial charge in [0.2, 0.25) is 0 Å². The number of aromatic nitrogens is 1. The average Bonchev–Trinajstić information content (AvgIpc) is 2.90. The second kappa shape index (κ2) is 10.3. The molecule has 1 atom stereocenters. The number of aryl methyl sites for hydroxylation is 1. The van der Waals surface area contributed by atoms with Gasteiger partial charge in [0.1, 0.15) is 18.5 Å². The third-order valence-corrected chi connectivity index (χ3v) is 7.55. The zero-order valence-corrected chi connectivity index (χ0v) is 24.1. The van der Waals surface area contributed by atoms with Crippen molar-refractivity contribution < 1.29 is 32.2 Å². The van der Waals surface area contributed by atoms with Gasteiger partial charge >= 0.3 is 12.1 Å². The highest BCUT2D eigenvalue weighted by atomic mass is 19.4. The van der Waals surface area contributed by atoms with Gasteiger partial charge in [0.25, 0.3) is 0 Å². The molecule has 1 aliphatic rings. The van der Waals surface area contributed by atoms with Crippen LogP contribution in [0.4, 0.5) is 13.2 Å². The van der Waals surface area contributed by atoms with E-state index in [1.165, 1.54) is 0 Å². The Balaban J connectivity index is 1.79. The first-order chi connectivity index (χ1) is 19.2. The third-order valence-electron chi connectivity index (χ3n) is 7.55. The van der Waals surface area contributed by atoms with Crippen molar-refractivity contribution >= 4 is 27.6 Å². The fourth-order valence-corrected chi connectivity index (χ4v) is 5.28. The number of hydrogen-bond acceptors (Lipinski definition) is 5. The minimum absolute atomic E-state index is 0.389. The molecule has 0 saturated carbocycles. The summed E-state index contributed by atoms with van der Waals surface area (Å²) in [5, 5.41) is 2.63. The van der Waals surface area contributed by atoms with Gasteiger partial charge in [-0.15, -0.1) is 0 Å². The molecule has 0 spiro atoms. The SMILES string of the molecule is Cc1cc2ccccc2c(-c2ccc3c4c(ccnc24)CCO3)c1[C@@H](COC(=O)C(C)(C)C)OC(C)(C)C(F)(F)F. The summed E-state index contributed by atoms with van der Waals surface area (Å²) in [6, 6.07) is 15.4. The molecule has 1 aliphatic heterocycles. The topological polar surface area (TPSA) is 57.7 Å². The van der Waals surface area contributed by atoms with Crippen LogP contribution in [0.1, 0.15) is 57.4 Å². The number of carbonyl (C=O) groups is 1. The monoisotopic (exact) mass is 565 g/mol. The molecule has 0 radical (unpaired) electrons. The predicted molar refractivity (Wildman–Crippen MR) is 153 cm³/mol. The Morgan fingerprint density at radius 2 is 1.78 bits per heavy atom. The molecule has 4 aromatic rings. The van der Waals surface area contributed by atoms with E-state index in [2.05, 4.69) is 0 Å². The van der Waals surface area contributed by atoms with Crippen molar-refractivity contribution in [2.45, 2.75) is 65.8 Å². The van der Waals surface area contributed by atoms with Gasteiger partial charge in [-0.3, -0.25) is 9.78 Å². The molecule has 2 heterocycles. The fourth-order valence-electron chi connectivity index (χ4n) is 5.28. The number of carbonyl (C=O) groups excluding carboxylic acids is 1. The number of ether oxygens (including phenoxy) is 3. The van der Waals surface area contributed by atoms with Gasteiger partial charge in [0.15, 0.2) is 5.60 Å². The standard InChI is InChI=1S/C33H34F3NO4/c1-19-17-21-9-7-8-10-22(21)28(23-11-12-24-27-20(14-16-39-24)13-15-37-29(23)27)26(19)25(18-40-30(38)31(2,3)4)41-32(5,6)33(34,35)36/h7-13,15,17,25H,14,16,18H2,1-6H3/t25-/m1/s1. The number of nitrogens with zero attached hydrogens (tertiary/aromatic N) is 1. The number of hydrogen-bond donors (Lipinski definition) is 0. The molecular formula is C33H34F3NO4. The average molecular weight is 566 g/mol. The largest absolute Gasteiger partial charge is 0.493 e. The number of esters is 1. The van der Waals surface area contributed by atoms with Gasteiger partial charge in [-0.2, -0.15) is 13.2 Å². The van der Waals surface area contributed by atoms with Crippen LogP contribution in [-0.2, 0) is 20.7 Å². The first kappa shape index (κ1) is 28.9. The van der Waals surface area contributed by atoms with Crippen LogP contribution in [-0.4, -0.2) is 35.9 Å². The highest BCUT2D eigenvalue weighted by Crippen LogP contribution is 2.46. The van der Waals surface area contributed by atoms with Crippen molar-refractivity contribution in [3.63, 3.8) is 0 Å². The van der Waals surface area contributed by atoms with Crippen LogP contribution < -0.4 is 4.74 Å². The molecule has 8 heteroatoms. The molecule has 216 valence electrons. The number of halogens is 3. The predicted octanol–water partition coefficient (Wildman–Crippen LogP) is 8.29. The van der Waals surface area contributed by atoms with E-state index in [9.17, 15) is 18.0 Å². The lowest BCUT2D eigenvalue weighted by Crippen LogP contribution is -2.43. The molecule has 0 unspecified atom stereocenters. The van der Waals surface area contributed by atoms with Crippen LogP contribution in [0.3, 0.4) is 0 Å². The van der Waals surface area contributed by atoms with E-state index in [1.54, 1.807) is 27.0 Å². The highest BCUT2D eigenvalue weighted by molar-refractivity contribution is 6.08. The second-order valence-electron chi connectivity index (χ2n) is 12.1. The van der Waals surface area contributed by atoms with E-state index in [1.807, 2.05) is 55.5 Å². The Morgan fingerprint density at radius 3 is 2.49 bits per heavy atom. The van der Waals surface area contributed by atoms with Crippen molar-refractivity contribution in [1.29, 1.82) is 0 Å². The van der Waals surface area contributed by atoms with Crippen molar-refractivity contribution in [2.75, 3.05) is 13.2 Å². The molecule has 5 rings (SSSR count). The molecule has 0 aliphatic carbocycles. The summed E-state index contributed by atoms with van der Waals surface area (Å²) in [6.45, 7) is 9.08. The van der Waals surface area contributed by atoms with Crippen molar-refractivity contribution in [3.8, 4) is 16.9 Å². The van der Waals surface area contributed by atoms with E-state index in [0.717, 1.165) is 53.3 Å². The van der Waals surface area contributed by atoms with E-state index < -0.39 is 29.3 Å². The van der Waals surface area contributed by atoms with E-state index >= 15 is 0 Å². The summed E-state index contributed by atoms with van der Waals surface area (Å²) in [4.78, 5) is 17.5. The highest BCUT2D eigenvalue weighted by Gasteiger charge is 2.50. The van der Waals surface area contributed by atoms with Crippen LogP contribution in [0.2, 0.25) is 0 Å². The lowest BCUT2D eigenvalue weighted by molar-refractivity contribution is -0.281. The number of fused-ring (bicyclic) bond motifs is 1. The summed E-state index contributed by atoms with van der Waals surface area (Å²) < 4.78 is 59.9. The summed E-state index contributed by atoms with van der Waals surface area (Å²) >= 11 is 0. The van der Waals surface area contributed by atoms with Crippen LogP contribution in [0, 0.1) is 12.3 Å². The molecule has 0 amide bonds. The molecule has 0 fully saturated rings. The summed E-state index contributed by atoms with van der Waals surface area (Å²) in [7, 11) is 0. The third kappa shape index (κ3) is 5.37. The normalized spacial score (nSPS) is 14.7. The maximum atomic E-state index is 14.2. The number of rotatable bonds is 6.